The Morgan fingerprint density at radius 1 is 1.03 bits per heavy atom. The van der Waals surface area contributed by atoms with Gasteiger partial charge in [0.05, 0.1) is 12.9 Å². The Labute approximate surface area is 165 Å². The van der Waals surface area contributed by atoms with Gasteiger partial charge in [-0.15, -0.1) is 5.10 Å². The van der Waals surface area contributed by atoms with Gasteiger partial charge >= 0.3 is 0 Å². The van der Waals surface area contributed by atoms with Gasteiger partial charge in [-0.2, -0.15) is 5.10 Å². The Morgan fingerprint density at radius 3 is 2.62 bits per heavy atom. The lowest BCUT2D eigenvalue weighted by molar-refractivity contribution is 0.0951. The van der Waals surface area contributed by atoms with Gasteiger partial charge in [0.15, 0.2) is 5.82 Å². The molecule has 0 atom stereocenters. The average molecular weight is 390 g/mol. The van der Waals surface area contributed by atoms with E-state index in [-0.39, 0.29) is 24.6 Å². The Morgan fingerprint density at radius 2 is 1.90 bits per heavy atom. The lowest BCUT2D eigenvalue weighted by Gasteiger charge is -2.09. The molecule has 10 nitrogen and oxygen atoms in total. The third kappa shape index (κ3) is 4.43. The highest BCUT2D eigenvalue weighted by Crippen LogP contribution is 2.06. The van der Waals surface area contributed by atoms with E-state index in [2.05, 4.69) is 25.5 Å². The monoisotopic (exact) mass is 390 g/mol. The largest absolute Gasteiger partial charge is 0.350 e. The summed E-state index contributed by atoms with van der Waals surface area (Å²) in [6.45, 7) is 1.20. The molecule has 29 heavy (non-hydrogen) atoms. The Hall–Kier alpha value is -4.08. The molecule has 0 aliphatic carbocycles. The summed E-state index contributed by atoms with van der Waals surface area (Å²) in [5, 5.41) is 11.0. The van der Waals surface area contributed by atoms with Crippen molar-refractivity contribution in [2.45, 2.75) is 13.1 Å². The summed E-state index contributed by atoms with van der Waals surface area (Å²) in [6.07, 6.45) is 8.24. The van der Waals surface area contributed by atoms with Gasteiger partial charge in [-0.25, -0.2) is 19.3 Å². The molecule has 1 amide bonds. The summed E-state index contributed by atoms with van der Waals surface area (Å²) in [7, 11) is 0. The number of carbonyl (C=O) groups is 1. The van der Waals surface area contributed by atoms with Crippen molar-refractivity contribution in [3.63, 3.8) is 0 Å². The summed E-state index contributed by atoms with van der Waals surface area (Å²) in [6, 6.07) is 10.3. The molecule has 1 aromatic carbocycles. The number of imidazole rings is 1. The van der Waals surface area contributed by atoms with E-state index in [0.29, 0.717) is 17.9 Å². The van der Waals surface area contributed by atoms with Gasteiger partial charge in [0.2, 0.25) is 0 Å². The number of rotatable bonds is 7. The number of hydrogen-bond donors (Lipinski definition) is 1. The van der Waals surface area contributed by atoms with Crippen molar-refractivity contribution in [2.75, 3.05) is 6.54 Å². The summed E-state index contributed by atoms with van der Waals surface area (Å²) in [5.41, 5.74) is 1.36. The molecule has 146 valence electrons. The van der Waals surface area contributed by atoms with Crippen LogP contribution in [0.1, 0.15) is 15.9 Å². The summed E-state index contributed by atoms with van der Waals surface area (Å²) < 4.78 is 4.69. The lowest BCUT2D eigenvalue weighted by atomic mass is 10.1. The van der Waals surface area contributed by atoms with E-state index < -0.39 is 0 Å². The first-order valence-electron chi connectivity index (χ1n) is 8.95. The summed E-state index contributed by atoms with van der Waals surface area (Å²) >= 11 is 0. The molecular formula is C19H18N8O2. The van der Waals surface area contributed by atoms with Crippen LogP contribution < -0.4 is 10.9 Å². The molecule has 0 aliphatic rings. The fourth-order valence-corrected chi connectivity index (χ4v) is 2.78. The maximum atomic E-state index is 12.3. The molecule has 0 radical (unpaired) electrons. The Balaban J connectivity index is 1.34. The van der Waals surface area contributed by atoms with E-state index in [4.69, 9.17) is 0 Å². The van der Waals surface area contributed by atoms with Crippen molar-refractivity contribution >= 4 is 5.91 Å². The number of nitrogens with one attached hydrogen (secondary N) is 1. The minimum atomic E-state index is -0.257. The van der Waals surface area contributed by atoms with Crippen molar-refractivity contribution < 1.29 is 4.79 Å². The number of aromatic nitrogens is 7. The maximum Gasteiger partial charge on any atom is 0.266 e. The molecule has 10 heteroatoms. The van der Waals surface area contributed by atoms with Crippen LogP contribution in [0.5, 0.6) is 0 Å². The van der Waals surface area contributed by atoms with Crippen molar-refractivity contribution in [3.05, 3.63) is 89.3 Å². The van der Waals surface area contributed by atoms with E-state index in [1.54, 1.807) is 30.7 Å². The van der Waals surface area contributed by atoms with Crippen LogP contribution in [0.2, 0.25) is 0 Å². The minimum Gasteiger partial charge on any atom is -0.350 e. The first kappa shape index (κ1) is 18.3. The van der Waals surface area contributed by atoms with E-state index in [9.17, 15) is 9.59 Å². The van der Waals surface area contributed by atoms with Crippen LogP contribution in [0, 0.1) is 0 Å². The summed E-state index contributed by atoms with van der Waals surface area (Å²) in [5.74, 6) is 0.265. The van der Waals surface area contributed by atoms with Gasteiger partial charge in [-0.3, -0.25) is 9.59 Å². The summed E-state index contributed by atoms with van der Waals surface area (Å²) in [4.78, 5) is 32.2. The molecular weight excluding hydrogens is 372 g/mol. The third-order valence-corrected chi connectivity index (χ3v) is 4.26. The molecule has 4 rings (SSSR count). The van der Waals surface area contributed by atoms with Crippen molar-refractivity contribution in [2.24, 2.45) is 0 Å². The second-order valence-electron chi connectivity index (χ2n) is 6.28. The fraction of sp³-hybridized carbons (Fsp3) is 0.158. The molecule has 0 aliphatic heterocycles. The smallest absolute Gasteiger partial charge is 0.266 e. The van der Waals surface area contributed by atoms with Crippen LogP contribution in [0.3, 0.4) is 0 Å². The lowest BCUT2D eigenvalue weighted by Crippen LogP contribution is -2.32. The fourth-order valence-electron chi connectivity index (χ4n) is 2.78. The van der Waals surface area contributed by atoms with E-state index in [1.807, 2.05) is 22.9 Å². The molecule has 0 bridgehead atoms. The number of carbonyl (C=O) groups excluding carboxylic acids is 1. The van der Waals surface area contributed by atoms with Crippen LogP contribution >= 0.6 is 0 Å². The number of benzene rings is 1. The van der Waals surface area contributed by atoms with Crippen LogP contribution in [-0.4, -0.2) is 46.5 Å². The molecule has 0 fully saturated rings. The van der Waals surface area contributed by atoms with Crippen LogP contribution in [0.25, 0.3) is 5.82 Å². The van der Waals surface area contributed by atoms with Gasteiger partial charge in [-0.05, 0) is 23.8 Å². The van der Waals surface area contributed by atoms with Gasteiger partial charge in [0, 0.05) is 37.1 Å². The molecule has 3 heterocycles. The van der Waals surface area contributed by atoms with Gasteiger partial charge in [0.25, 0.3) is 11.5 Å². The Bertz CT molecular complexity index is 1130. The topological polar surface area (TPSA) is 113 Å². The molecule has 0 spiro atoms. The number of hydrogen-bond acceptors (Lipinski definition) is 6. The van der Waals surface area contributed by atoms with Crippen LogP contribution in [0.4, 0.5) is 0 Å². The normalized spacial score (nSPS) is 10.8. The zero-order chi connectivity index (χ0) is 20.1. The first-order chi connectivity index (χ1) is 14.2. The Kier molecular flexibility index (Phi) is 5.23. The highest BCUT2D eigenvalue weighted by Gasteiger charge is 2.07. The van der Waals surface area contributed by atoms with E-state index >= 15 is 0 Å². The zero-order valence-corrected chi connectivity index (χ0v) is 15.4. The standard InChI is InChI=1S/C19H18N8O2/c28-18-6-5-17(27-14-21-12-23-27)24-26(18)10-8-22-19(29)16-3-1-15(2-4-16)11-25-9-7-20-13-25/h1-7,9,12-14H,8,10-11H2,(H,22,29). The highest BCUT2D eigenvalue weighted by molar-refractivity contribution is 5.94. The SMILES string of the molecule is O=C(NCCn1nc(-n2cncn2)ccc1=O)c1ccc(Cn2ccnc2)cc1. The first-order valence-corrected chi connectivity index (χ1v) is 8.95. The number of amides is 1. The van der Waals surface area contributed by atoms with Crippen molar-refractivity contribution in [1.82, 2.24) is 39.4 Å². The minimum absolute atomic E-state index is 0.209. The quantitative estimate of drug-likeness (QED) is 0.492. The second-order valence-corrected chi connectivity index (χ2v) is 6.28. The average Bonchev–Trinajstić information content (AvgIpc) is 3.44. The maximum absolute atomic E-state index is 12.3. The molecule has 3 aromatic heterocycles. The predicted molar refractivity (Wildman–Crippen MR) is 104 cm³/mol. The molecule has 0 unspecified atom stereocenters. The second kappa shape index (κ2) is 8.30. The number of nitrogens with zero attached hydrogens (tertiary/aromatic N) is 7. The van der Waals surface area contributed by atoms with Crippen LogP contribution in [0.15, 0.2) is 72.6 Å². The van der Waals surface area contributed by atoms with Crippen molar-refractivity contribution in [3.8, 4) is 5.82 Å². The molecule has 4 aromatic rings. The highest BCUT2D eigenvalue weighted by atomic mass is 16.2. The van der Waals surface area contributed by atoms with E-state index in [1.165, 1.54) is 28.1 Å². The van der Waals surface area contributed by atoms with Gasteiger partial charge in [0.1, 0.15) is 12.7 Å². The van der Waals surface area contributed by atoms with E-state index in [0.717, 1.165) is 5.56 Å². The van der Waals surface area contributed by atoms with Gasteiger partial charge in [-0.1, -0.05) is 12.1 Å². The zero-order valence-electron chi connectivity index (χ0n) is 15.4. The van der Waals surface area contributed by atoms with Crippen LogP contribution in [-0.2, 0) is 13.1 Å². The predicted octanol–water partition coefficient (Wildman–Crippen LogP) is 0.499. The third-order valence-electron chi connectivity index (χ3n) is 4.26. The van der Waals surface area contributed by atoms with Crippen molar-refractivity contribution in [1.29, 1.82) is 0 Å². The molecule has 1 N–H and O–H groups in total. The molecule has 0 saturated heterocycles. The van der Waals surface area contributed by atoms with Gasteiger partial charge < -0.3 is 9.88 Å². The molecule has 0 saturated carbocycles.